The van der Waals surface area contributed by atoms with Gasteiger partial charge in [0, 0.05) is 16.1 Å². The van der Waals surface area contributed by atoms with Crippen molar-refractivity contribution in [2.24, 2.45) is 0 Å². The summed E-state index contributed by atoms with van der Waals surface area (Å²) in [5.41, 5.74) is 0.724. The molecule has 1 N–H and O–H groups in total. The predicted molar refractivity (Wildman–Crippen MR) is 119 cm³/mol. The Labute approximate surface area is 181 Å². The molecule has 0 bridgehead atoms. The predicted octanol–water partition coefficient (Wildman–Crippen LogP) is 5.67. The number of halogens is 1. The first-order valence-electron chi connectivity index (χ1n) is 9.64. The maximum atomic E-state index is 13.9. The number of fused-ring (bicyclic) bond motifs is 1. The van der Waals surface area contributed by atoms with Gasteiger partial charge in [0.15, 0.2) is 0 Å². The zero-order valence-corrected chi connectivity index (χ0v) is 17.0. The molecule has 1 aromatic heterocycles. The lowest BCUT2D eigenvalue weighted by Gasteiger charge is -2.24. The van der Waals surface area contributed by atoms with Gasteiger partial charge in [0.25, 0.3) is 11.7 Å². The molecule has 0 spiro atoms. The van der Waals surface area contributed by atoms with Crippen molar-refractivity contribution in [3.05, 3.63) is 106 Å². The number of benzene rings is 3. The number of ketones is 1. The number of thiophene rings is 1. The summed E-state index contributed by atoms with van der Waals surface area (Å²) in [7, 11) is 0. The topological polar surface area (TPSA) is 57.6 Å². The number of aliphatic hydroxyl groups is 1. The number of aliphatic hydroxyl groups excluding tert-OH is 1. The molecule has 1 unspecified atom stereocenters. The van der Waals surface area contributed by atoms with E-state index in [2.05, 4.69) is 0 Å². The van der Waals surface area contributed by atoms with E-state index in [0.29, 0.717) is 10.4 Å². The SMILES string of the molecule is O=C1C(=O)N(c2cccc(F)c2)C(c2cccs2)/C1=C(/O)c1cccc2ccccc12. The minimum absolute atomic E-state index is 0.00642. The van der Waals surface area contributed by atoms with Gasteiger partial charge in [0.1, 0.15) is 17.6 Å². The summed E-state index contributed by atoms with van der Waals surface area (Å²) in [5, 5.41) is 14.8. The first-order chi connectivity index (χ1) is 15.1. The van der Waals surface area contributed by atoms with Crippen molar-refractivity contribution in [3.63, 3.8) is 0 Å². The van der Waals surface area contributed by atoms with Crippen molar-refractivity contribution >= 4 is 45.2 Å². The van der Waals surface area contributed by atoms with Crippen molar-refractivity contribution in [2.75, 3.05) is 4.90 Å². The molecule has 1 saturated heterocycles. The smallest absolute Gasteiger partial charge is 0.300 e. The van der Waals surface area contributed by atoms with Crippen LogP contribution in [0.1, 0.15) is 16.5 Å². The van der Waals surface area contributed by atoms with Gasteiger partial charge in [0.2, 0.25) is 0 Å². The van der Waals surface area contributed by atoms with Gasteiger partial charge in [-0.2, -0.15) is 0 Å². The summed E-state index contributed by atoms with van der Waals surface area (Å²) < 4.78 is 13.9. The second-order valence-electron chi connectivity index (χ2n) is 7.19. The molecule has 1 aliphatic heterocycles. The molecule has 5 rings (SSSR count). The first kappa shape index (κ1) is 19.2. The fourth-order valence-corrected chi connectivity index (χ4v) is 4.84. The van der Waals surface area contributed by atoms with Gasteiger partial charge in [-0.05, 0) is 40.4 Å². The molecule has 4 nitrogen and oxygen atoms in total. The highest BCUT2D eigenvalue weighted by Crippen LogP contribution is 2.44. The summed E-state index contributed by atoms with van der Waals surface area (Å²) in [4.78, 5) is 28.1. The third-order valence-corrected chi connectivity index (χ3v) is 6.31. The molecule has 0 radical (unpaired) electrons. The van der Waals surface area contributed by atoms with Gasteiger partial charge in [-0.25, -0.2) is 4.39 Å². The molecule has 0 aliphatic carbocycles. The second kappa shape index (κ2) is 7.49. The van der Waals surface area contributed by atoms with Crippen molar-refractivity contribution in [1.82, 2.24) is 0 Å². The van der Waals surface area contributed by atoms with Crippen LogP contribution in [0.2, 0.25) is 0 Å². The van der Waals surface area contributed by atoms with Crippen LogP contribution < -0.4 is 4.90 Å². The van der Waals surface area contributed by atoms with Crippen LogP contribution in [0.4, 0.5) is 10.1 Å². The Morgan fingerprint density at radius 3 is 2.48 bits per heavy atom. The molecule has 4 aromatic rings. The van der Waals surface area contributed by atoms with Gasteiger partial charge in [-0.1, -0.05) is 54.6 Å². The maximum Gasteiger partial charge on any atom is 0.300 e. The Hall–Kier alpha value is -3.77. The van der Waals surface area contributed by atoms with E-state index in [0.717, 1.165) is 10.8 Å². The maximum absolute atomic E-state index is 13.9. The normalized spacial score (nSPS) is 18.1. The molecule has 6 heteroatoms. The summed E-state index contributed by atoms with van der Waals surface area (Å²) >= 11 is 1.36. The molecule has 0 saturated carbocycles. The van der Waals surface area contributed by atoms with E-state index in [9.17, 15) is 19.1 Å². The number of amides is 1. The highest BCUT2D eigenvalue weighted by molar-refractivity contribution is 7.10. The van der Waals surface area contributed by atoms with Gasteiger partial charge >= 0.3 is 0 Å². The molecular weight excluding hydrogens is 413 g/mol. The molecule has 1 atom stereocenters. The zero-order valence-electron chi connectivity index (χ0n) is 16.2. The lowest BCUT2D eigenvalue weighted by atomic mass is 9.96. The largest absolute Gasteiger partial charge is 0.507 e. The molecule has 3 aromatic carbocycles. The van der Waals surface area contributed by atoms with Crippen LogP contribution in [-0.4, -0.2) is 16.8 Å². The van der Waals surface area contributed by atoms with E-state index in [-0.39, 0.29) is 17.0 Å². The van der Waals surface area contributed by atoms with Crippen molar-refractivity contribution < 1.29 is 19.1 Å². The average molecular weight is 429 g/mol. The van der Waals surface area contributed by atoms with Gasteiger partial charge in [-0.15, -0.1) is 11.3 Å². The number of rotatable bonds is 3. The number of Topliss-reactive ketones (excluding diaryl/α,β-unsaturated/α-hetero) is 1. The lowest BCUT2D eigenvalue weighted by Crippen LogP contribution is -2.29. The Kier molecular flexibility index (Phi) is 4.64. The summed E-state index contributed by atoms with van der Waals surface area (Å²) in [6.07, 6.45) is 0. The van der Waals surface area contributed by atoms with Crippen LogP contribution in [0.25, 0.3) is 16.5 Å². The summed E-state index contributed by atoms with van der Waals surface area (Å²) in [6.45, 7) is 0. The molecule has 1 aliphatic rings. The Bertz CT molecular complexity index is 1350. The van der Waals surface area contributed by atoms with Gasteiger partial charge in [-0.3, -0.25) is 14.5 Å². The lowest BCUT2D eigenvalue weighted by molar-refractivity contribution is -0.132. The van der Waals surface area contributed by atoms with Crippen LogP contribution in [0.15, 0.2) is 89.8 Å². The third-order valence-electron chi connectivity index (χ3n) is 5.39. The number of carbonyl (C=O) groups excluding carboxylic acids is 2. The van der Waals surface area contributed by atoms with Crippen LogP contribution in [0, 0.1) is 5.82 Å². The molecular formula is C25H16FNO3S. The van der Waals surface area contributed by atoms with E-state index in [1.807, 2.05) is 41.8 Å². The number of anilines is 1. The fourth-order valence-electron chi connectivity index (χ4n) is 4.02. The molecule has 1 fully saturated rings. The van der Waals surface area contributed by atoms with Gasteiger partial charge < -0.3 is 5.11 Å². The highest BCUT2D eigenvalue weighted by atomic mass is 32.1. The molecule has 1 amide bonds. The monoisotopic (exact) mass is 429 g/mol. The molecule has 31 heavy (non-hydrogen) atoms. The molecule has 2 heterocycles. The Morgan fingerprint density at radius 1 is 0.935 bits per heavy atom. The fraction of sp³-hybridized carbons (Fsp3) is 0.0400. The van der Waals surface area contributed by atoms with E-state index in [1.54, 1.807) is 24.3 Å². The Balaban J connectivity index is 1.77. The van der Waals surface area contributed by atoms with Crippen LogP contribution in [0.3, 0.4) is 0 Å². The number of carbonyl (C=O) groups is 2. The number of hydrogen-bond donors (Lipinski definition) is 1. The van der Waals surface area contributed by atoms with Crippen LogP contribution in [-0.2, 0) is 9.59 Å². The number of nitrogens with zero attached hydrogens (tertiary/aromatic N) is 1. The molecule has 152 valence electrons. The average Bonchev–Trinajstić information content (AvgIpc) is 3.40. The van der Waals surface area contributed by atoms with Crippen LogP contribution in [0.5, 0.6) is 0 Å². The van der Waals surface area contributed by atoms with Crippen molar-refractivity contribution in [2.45, 2.75) is 6.04 Å². The highest BCUT2D eigenvalue weighted by Gasteiger charge is 2.47. The first-order valence-corrected chi connectivity index (χ1v) is 10.5. The minimum Gasteiger partial charge on any atom is -0.507 e. The minimum atomic E-state index is -0.847. The second-order valence-corrected chi connectivity index (χ2v) is 8.17. The summed E-state index contributed by atoms with van der Waals surface area (Å²) in [5.74, 6) is -2.36. The number of hydrogen-bond acceptors (Lipinski definition) is 4. The van der Waals surface area contributed by atoms with E-state index in [4.69, 9.17) is 0 Å². The van der Waals surface area contributed by atoms with Crippen molar-refractivity contribution in [3.8, 4) is 0 Å². The standard InChI is InChI=1S/C25H16FNO3S/c26-16-8-4-9-17(14-16)27-22(20-12-5-13-31-20)21(24(29)25(27)30)23(28)19-11-3-7-15-6-1-2-10-18(15)19/h1-14,22,28H/b23-21-. The van der Waals surface area contributed by atoms with Crippen molar-refractivity contribution in [1.29, 1.82) is 0 Å². The zero-order chi connectivity index (χ0) is 21.5. The Morgan fingerprint density at radius 2 is 1.71 bits per heavy atom. The quantitative estimate of drug-likeness (QED) is 0.259. The van der Waals surface area contributed by atoms with E-state index < -0.39 is 23.5 Å². The van der Waals surface area contributed by atoms with Gasteiger partial charge in [0.05, 0.1) is 5.57 Å². The van der Waals surface area contributed by atoms with Crippen LogP contribution >= 0.6 is 11.3 Å². The third kappa shape index (κ3) is 3.12. The summed E-state index contributed by atoms with van der Waals surface area (Å²) in [6, 6.07) is 21.2. The van der Waals surface area contributed by atoms with E-state index >= 15 is 0 Å². The van der Waals surface area contributed by atoms with E-state index in [1.165, 1.54) is 34.4 Å².